The minimum atomic E-state index is -0.132. The first-order valence-electron chi connectivity index (χ1n) is 7.85. The number of ether oxygens (including phenoxy) is 1. The van der Waals surface area contributed by atoms with Crippen molar-refractivity contribution in [3.05, 3.63) is 24.3 Å². The summed E-state index contributed by atoms with van der Waals surface area (Å²) in [4.78, 5) is 33.9. The van der Waals surface area contributed by atoms with E-state index in [4.69, 9.17) is 4.74 Å². The molecule has 7 heteroatoms. The summed E-state index contributed by atoms with van der Waals surface area (Å²) < 4.78 is 5.06. The van der Waals surface area contributed by atoms with Crippen molar-refractivity contribution in [3.63, 3.8) is 0 Å². The van der Waals surface area contributed by atoms with Gasteiger partial charge in [-0.05, 0) is 37.1 Å². The van der Waals surface area contributed by atoms with Crippen LogP contribution in [0.25, 0.3) is 0 Å². The van der Waals surface area contributed by atoms with Crippen molar-refractivity contribution in [2.24, 2.45) is 0 Å². The average Bonchev–Trinajstić information content (AvgIpc) is 2.56. The summed E-state index contributed by atoms with van der Waals surface area (Å²) in [7, 11) is 1.60. The van der Waals surface area contributed by atoms with E-state index in [1.807, 2.05) is 0 Å². The van der Waals surface area contributed by atoms with Gasteiger partial charge >= 0.3 is 0 Å². The van der Waals surface area contributed by atoms with Gasteiger partial charge in [-0.15, -0.1) is 0 Å². The third-order valence-electron chi connectivity index (χ3n) is 3.18. The second-order valence-electron chi connectivity index (χ2n) is 5.22. The highest BCUT2D eigenvalue weighted by atomic mass is 32.2. The van der Waals surface area contributed by atoms with Gasteiger partial charge in [0.15, 0.2) is 5.12 Å². The molecule has 0 aliphatic carbocycles. The predicted molar refractivity (Wildman–Crippen MR) is 96.2 cm³/mol. The molecule has 0 aromatic heterocycles. The number of benzene rings is 1. The first-order valence-corrected chi connectivity index (χ1v) is 8.84. The number of rotatable bonds is 10. The smallest absolute Gasteiger partial charge is 0.230 e. The van der Waals surface area contributed by atoms with E-state index in [2.05, 4.69) is 10.6 Å². The predicted octanol–water partition coefficient (Wildman–Crippen LogP) is 2.59. The van der Waals surface area contributed by atoms with Crippen molar-refractivity contribution in [2.75, 3.05) is 24.7 Å². The van der Waals surface area contributed by atoms with Gasteiger partial charge in [-0.2, -0.15) is 0 Å². The van der Waals surface area contributed by atoms with Crippen LogP contribution >= 0.6 is 11.8 Å². The van der Waals surface area contributed by atoms with Crippen molar-refractivity contribution in [1.29, 1.82) is 0 Å². The second-order valence-corrected chi connectivity index (χ2v) is 6.37. The van der Waals surface area contributed by atoms with E-state index in [0.717, 1.165) is 42.5 Å². The summed E-state index contributed by atoms with van der Waals surface area (Å²) in [6.45, 7) is 2.01. The normalized spacial score (nSPS) is 10.1. The first-order chi connectivity index (χ1) is 11.5. The summed E-state index contributed by atoms with van der Waals surface area (Å²) in [6.07, 6.45) is 2.88. The minimum Gasteiger partial charge on any atom is -0.497 e. The molecule has 1 rings (SSSR count). The lowest BCUT2D eigenvalue weighted by Gasteiger charge is -2.07. The summed E-state index contributed by atoms with van der Waals surface area (Å²) in [5.74, 6) is 0.755. The van der Waals surface area contributed by atoms with Crippen LogP contribution in [0.5, 0.6) is 5.75 Å². The summed E-state index contributed by atoms with van der Waals surface area (Å²) in [5.41, 5.74) is 0.746. The highest BCUT2D eigenvalue weighted by Crippen LogP contribution is 2.15. The Morgan fingerprint density at radius 3 is 2.38 bits per heavy atom. The fraction of sp³-hybridized carbons (Fsp3) is 0.471. The fourth-order valence-corrected chi connectivity index (χ4v) is 2.37. The maximum atomic E-state index is 11.8. The van der Waals surface area contributed by atoms with Gasteiger partial charge in [-0.3, -0.25) is 14.4 Å². The zero-order valence-corrected chi connectivity index (χ0v) is 14.9. The molecule has 0 unspecified atom stereocenters. The third kappa shape index (κ3) is 9.19. The van der Waals surface area contributed by atoms with E-state index in [1.54, 1.807) is 31.4 Å². The molecule has 132 valence electrons. The van der Waals surface area contributed by atoms with Crippen molar-refractivity contribution in [3.8, 4) is 5.75 Å². The molecule has 0 aliphatic heterocycles. The Morgan fingerprint density at radius 1 is 1.04 bits per heavy atom. The Bertz CT molecular complexity index is 546. The van der Waals surface area contributed by atoms with Crippen LogP contribution in [0.3, 0.4) is 0 Å². The molecule has 0 radical (unpaired) electrons. The zero-order chi connectivity index (χ0) is 17.8. The van der Waals surface area contributed by atoms with E-state index >= 15 is 0 Å². The monoisotopic (exact) mass is 352 g/mol. The van der Waals surface area contributed by atoms with E-state index in [1.165, 1.54) is 6.92 Å². The molecule has 0 saturated carbocycles. The largest absolute Gasteiger partial charge is 0.497 e. The molecule has 2 amide bonds. The molecule has 6 nitrogen and oxygen atoms in total. The van der Waals surface area contributed by atoms with Gasteiger partial charge in [-0.25, -0.2) is 0 Å². The molecule has 1 aromatic rings. The number of carbonyl (C=O) groups is 3. The molecule has 24 heavy (non-hydrogen) atoms. The van der Waals surface area contributed by atoms with Gasteiger partial charge in [0.2, 0.25) is 11.8 Å². The summed E-state index contributed by atoms with van der Waals surface area (Å²) >= 11 is 1.00. The lowest BCUT2D eigenvalue weighted by molar-refractivity contribution is -0.119. The van der Waals surface area contributed by atoms with Gasteiger partial charge in [0.25, 0.3) is 0 Å². The van der Waals surface area contributed by atoms with Crippen LogP contribution in [0.2, 0.25) is 0 Å². The van der Waals surface area contributed by atoms with Gasteiger partial charge in [0.1, 0.15) is 5.75 Å². The quantitative estimate of drug-likeness (QED) is 0.632. The average molecular weight is 352 g/mol. The minimum absolute atomic E-state index is 0.0259. The van der Waals surface area contributed by atoms with E-state index in [9.17, 15) is 14.4 Å². The molecule has 1 aromatic carbocycles. The van der Waals surface area contributed by atoms with Gasteiger partial charge in [-0.1, -0.05) is 18.2 Å². The van der Waals surface area contributed by atoms with Crippen molar-refractivity contribution in [1.82, 2.24) is 5.32 Å². The van der Waals surface area contributed by atoms with E-state index in [0.29, 0.717) is 13.0 Å². The van der Waals surface area contributed by atoms with Crippen LogP contribution in [0, 0.1) is 0 Å². The van der Waals surface area contributed by atoms with Crippen molar-refractivity contribution >= 4 is 34.4 Å². The molecule has 0 aliphatic rings. The number of carbonyl (C=O) groups excluding carboxylic acids is 3. The first kappa shape index (κ1) is 20.0. The van der Waals surface area contributed by atoms with Crippen LogP contribution in [0.15, 0.2) is 24.3 Å². The molecule has 0 spiro atoms. The Hall–Kier alpha value is -2.02. The van der Waals surface area contributed by atoms with Crippen molar-refractivity contribution < 1.29 is 19.1 Å². The Morgan fingerprint density at radius 2 is 1.75 bits per heavy atom. The number of hydrogen-bond acceptors (Lipinski definition) is 5. The van der Waals surface area contributed by atoms with Crippen LogP contribution in [-0.4, -0.2) is 36.3 Å². The van der Waals surface area contributed by atoms with Gasteiger partial charge in [0.05, 0.1) is 12.9 Å². The molecule has 0 fully saturated rings. The highest BCUT2D eigenvalue weighted by Gasteiger charge is 2.04. The van der Waals surface area contributed by atoms with E-state index < -0.39 is 0 Å². The Balaban J connectivity index is 2.06. The summed E-state index contributed by atoms with van der Waals surface area (Å²) in [6, 6.07) is 7.18. The Labute approximate surface area is 146 Å². The standard InChI is InChI=1S/C17H24N2O4S/c1-13(20)24-12-17(22)18-11-5-3-4-6-16(21)19-14-7-9-15(23-2)10-8-14/h7-10H,3-6,11-12H2,1-2H3,(H,18,22)(H,19,21). The number of unbranched alkanes of at least 4 members (excludes halogenated alkanes) is 2. The molecule has 0 saturated heterocycles. The highest BCUT2D eigenvalue weighted by molar-refractivity contribution is 8.14. The van der Waals surface area contributed by atoms with Crippen LogP contribution < -0.4 is 15.4 Å². The molecule has 2 N–H and O–H groups in total. The molecular weight excluding hydrogens is 328 g/mol. The zero-order valence-electron chi connectivity index (χ0n) is 14.1. The Kier molecular flexibility index (Phi) is 9.60. The molecule has 0 bridgehead atoms. The van der Waals surface area contributed by atoms with Crippen LogP contribution in [0.4, 0.5) is 5.69 Å². The lowest BCUT2D eigenvalue weighted by Crippen LogP contribution is -2.26. The fourth-order valence-electron chi connectivity index (χ4n) is 1.93. The maximum Gasteiger partial charge on any atom is 0.230 e. The number of amides is 2. The number of thioether (sulfide) groups is 1. The topological polar surface area (TPSA) is 84.5 Å². The number of methoxy groups -OCH3 is 1. The maximum absolute atomic E-state index is 11.8. The molecule has 0 atom stereocenters. The van der Waals surface area contributed by atoms with Gasteiger partial charge < -0.3 is 15.4 Å². The second kappa shape index (κ2) is 11.5. The van der Waals surface area contributed by atoms with E-state index in [-0.39, 0.29) is 22.7 Å². The number of anilines is 1. The molecular formula is C17H24N2O4S. The van der Waals surface area contributed by atoms with Crippen molar-refractivity contribution in [2.45, 2.75) is 32.6 Å². The summed E-state index contributed by atoms with van der Waals surface area (Å²) in [5, 5.41) is 5.52. The van der Waals surface area contributed by atoms with Crippen LogP contribution in [0.1, 0.15) is 32.6 Å². The molecule has 0 heterocycles. The van der Waals surface area contributed by atoms with Crippen LogP contribution in [-0.2, 0) is 14.4 Å². The SMILES string of the molecule is COc1ccc(NC(=O)CCCCCNC(=O)CSC(C)=O)cc1. The lowest BCUT2D eigenvalue weighted by atomic mass is 10.2. The number of hydrogen-bond donors (Lipinski definition) is 2. The number of nitrogens with one attached hydrogen (secondary N) is 2. The third-order valence-corrected chi connectivity index (χ3v) is 4.00. The van der Waals surface area contributed by atoms with Gasteiger partial charge in [0, 0.05) is 25.6 Å².